The van der Waals surface area contributed by atoms with Crippen LogP contribution in [0.5, 0.6) is 0 Å². The lowest BCUT2D eigenvalue weighted by Crippen LogP contribution is -2.52. The molecule has 0 aliphatic rings. The summed E-state index contributed by atoms with van der Waals surface area (Å²) >= 11 is 0. The fraction of sp³-hybridized carbons (Fsp3) is 1.00. The van der Waals surface area contributed by atoms with Crippen LogP contribution in [0.4, 0.5) is 0 Å². The van der Waals surface area contributed by atoms with Gasteiger partial charge in [-0.3, -0.25) is 0 Å². The van der Waals surface area contributed by atoms with Crippen LogP contribution >= 0.6 is 0 Å². The van der Waals surface area contributed by atoms with Crippen LogP contribution in [-0.2, 0) is 17.1 Å². The van der Waals surface area contributed by atoms with Gasteiger partial charge in [-0.2, -0.15) is 0 Å². The van der Waals surface area contributed by atoms with Crippen LogP contribution in [-0.4, -0.2) is 58.1 Å². The third kappa shape index (κ3) is 8.81. The zero-order valence-electron chi connectivity index (χ0n) is 13.9. The average molecular weight is 359 g/mol. The minimum atomic E-state index is -2.85. The van der Waals surface area contributed by atoms with Crippen molar-refractivity contribution in [1.29, 1.82) is 0 Å². The Morgan fingerprint density at radius 1 is 0.650 bits per heavy atom. The van der Waals surface area contributed by atoms with Crippen molar-refractivity contribution >= 4 is 34.2 Å². The summed E-state index contributed by atoms with van der Waals surface area (Å²) in [6, 6.07) is 0.862. The van der Waals surface area contributed by atoms with E-state index in [0.29, 0.717) is 12.1 Å². The van der Waals surface area contributed by atoms with Gasteiger partial charge in [-0.15, -0.1) is 0 Å². The molecule has 10 heteroatoms. The van der Waals surface area contributed by atoms with E-state index in [1.165, 1.54) is 0 Å². The normalized spacial score (nSPS) is 19.5. The predicted molar refractivity (Wildman–Crippen MR) is 88.4 cm³/mol. The molecule has 0 radical (unpaired) electrons. The molecule has 6 nitrogen and oxygen atoms in total. The first-order chi connectivity index (χ1) is 8.74. The van der Waals surface area contributed by atoms with E-state index in [-0.39, 0.29) is 0 Å². The summed E-state index contributed by atoms with van der Waals surface area (Å²) in [5, 5.41) is 0. The molecule has 0 aromatic heterocycles. The van der Waals surface area contributed by atoms with E-state index < -0.39 is 34.2 Å². The van der Waals surface area contributed by atoms with Gasteiger partial charge in [-0.1, -0.05) is 0 Å². The number of hydrogen-bond donors (Lipinski definition) is 2. The Hall–Kier alpha value is 0.628. The Kier molecular flexibility index (Phi) is 7.49. The third-order valence-corrected chi connectivity index (χ3v) is 15.2. The van der Waals surface area contributed by atoms with Crippen LogP contribution < -0.4 is 0 Å². The lowest BCUT2D eigenvalue weighted by Gasteiger charge is -2.34. The third-order valence-electron chi connectivity index (χ3n) is 2.97. The van der Waals surface area contributed by atoms with Crippen molar-refractivity contribution in [2.24, 2.45) is 0 Å². The molecular formula is C10H30O6Si4. The summed E-state index contributed by atoms with van der Waals surface area (Å²) in [6.45, 7) is 11.0. The largest absolute Gasteiger partial charge is 0.415 e. The van der Waals surface area contributed by atoms with Crippen molar-refractivity contribution < 1.29 is 26.7 Å². The molecule has 20 heavy (non-hydrogen) atoms. The summed E-state index contributed by atoms with van der Waals surface area (Å²) in [7, 11) is -7.06. The molecule has 0 spiro atoms. The Morgan fingerprint density at radius 2 is 0.900 bits per heavy atom. The van der Waals surface area contributed by atoms with Crippen LogP contribution in [0.15, 0.2) is 0 Å². The van der Waals surface area contributed by atoms with Gasteiger partial charge >= 0.3 is 34.2 Å². The van der Waals surface area contributed by atoms with Crippen LogP contribution in [0.2, 0.25) is 51.4 Å². The molecule has 0 aromatic rings. The maximum atomic E-state index is 10.4. The van der Waals surface area contributed by atoms with Crippen molar-refractivity contribution in [1.82, 2.24) is 0 Å². The second-order valence-electron chi connectivity index (χ2n) is 6.26. The van der Waals surface area contributed by atoms with Gasteiger partial charge in [0.1, 0.15) is 0 Å². The molecule has 0 bridgehead atoms. The van der Waals surface area contributed by atoms with E-state index in [2.05, 4.69) is 0 Å². The van der Waals surface area contributed by atoms with Crippen molar-refractivity contribution in [2.75, 3.05) is 14.2 Å². The first-order valence-electron chi connectivity index (χ1n) is 6.70. The molecule has 0 aromatic carbocycles. The summed E-state index contributed by atoms with van der Waals surface area (Å²) in [6.07, 6.45) is 0. The topological polar surface area (TPSA) is 77.4 Å². The van der Waals surface area contributed by atoms with E-state index >= 15 is 0 Å². The molecule has 2 unspecified atom stereocenters. The van der Waals surface area contributed by atoms with Crippen LogP contribution in [0.1, 0.15) is 0 Å². The van der Waals surface area contributed by atoms with E-state index in [4.69, 9.17) is 17.1 Å². The van der Waals surface area contributed by atoms with E-state index in [0.717, 1.165) is 0 Å². The van der Waals surface area contributed by atoms with Gasteiger partial charge in [0.25, 0.3) is 0 Å². The predicted octanol–water partition coefficient (Wildman–Crippen LogP) is 1.84. The van der Waals surface area contributed by atoms with Gasteiger partial charge in [0.05, 0.1) is 0 Å². The standard InChI is InChI=1S/C10H30O6Si4/c1-13-17(3,4)15-19(7,11)9-10-20(8,12)16-18(5,6)14-2/h11-12H,9-10H2,1-8H3. The van der Waals surface area contributed by atoms with Crippen molar-refractivity contribution in [3.63, 3.8) is 0 Å². The van der Waals surface area contributed by atoms with Crippen molar-refractivity contribution in [3.8, 4) is 0 Å². The van der Waals surface area contributed by atoms with Gasteiger partial charge in [-0.25, -0.2) is 0 Å². The molecule has 0 saturated heterocycles. The summed E-state index contributed by atoms with van der Waals surface area (Å²) < 4.78 is 22.1. The molecule has 0 saturated carbocycles. The quantitative estimate of drug-likeness (QED) is 0.613. The fourth-order valence-electron chi connectivity index (χ4n) is 1.71. The fourth-order valence-corrected chi connectivity index (χ4v) is 15.4. The molecule has 122 valence electrons. The molecule has 0 heterocycles. The second kappa shape index (κ2) is 7.26. The first-order valence-corrected chi connectivity index (χ1v) is 17.5. The van der Waals surface area contributed by atoms with Gasteiger partial charge in [0, 0.05) is 14.2 Å². The molecule has 0 rings (SSSR count). The van der Waals surface area contributed by atoms with Crippen molar-refractivity contribution in [2.45, 2.75) is 51.4 Å². The van der Waals surface area contributed by atoms with Crippen LogP contribution in [0, 0.1) is 0 Å². The Balaban J connectivity index is 4.51. The minimum Gasteiger partial charge on any atom is -0.415 e. The Morgan fingerprint density at radius 3 is 1.10 bits per heavy atom. The lowest BCUT2D eigenvalue weighted by atomic mass is 10.9. The lowest BCUT2D eigenvalue weighted by molar-refractivity contribution is 0.263. The highest BCUT2D eigenvalue weighted by molar-refractivity contribution is 6.82. The highest BCUT2D eigenvalue weighted by Crippen LogP contribution is 2.24. The molecule has 0 amide bonds. The number of rotatable bonds is 9. The smallest absolute Gasteiger partial charge is 0.323 e. The van der Waals surface area contributed by atoms with Crippen molar-refractivity contribution in [3.05, 3.63) is 0 Å². The molecule has 0 fully saturated rings. The van der Waals surface area contributed by atoms with Gasteiger partial charge < -0.3 is 26.7 Å². The Bertz CT molecular complexity index is 278. The molecule has 2 atom stereocenters. The molecule has 2 N–H and O–H groups in total. The Labute approximate surface area is 127 Å². The van der Waals surface area contributed by atoms with Crippen LogP contribution in [0.25, 0.3) is 0 Å². The molecule has 0 aliphatic carbocycles. The highest BCUT2D eigenvalue weighted by atomic mass is 28.5. The summed E-state index contributed by atoms with van der Waals surface area (Å²) in [4.78, 5) is 20.8. The highest BCUT2D eigenvalue weighted by Gasteiger charge is 2.42. The molecular weight excluding hydrogens is 328 g/mol. The maximum absolute atomic E-state index is 10.4. The van der Waals surface area contributed by atoms with Crippen LogP contribution in [0.3, 0.4) is 0 Å². The van der Waals surface area contributed by atoms with E-state index in [9.17, 15) is 9.59 Å². The van der Waals surface area contributed by atoms with E-state index in [1.54, 1.807) is 27.3 Å². The summed E-state index contributed by atoms with van der Waals surface area (Å²) in [5.74, 6) is 0. The summed E-state index contributed by atoms with van der Waals surface area (Å²) in [5.41, 5.74) is 0. The second-order valence-corrected chi connectivity index (χ2v) is 20.0. The minimum absolute atomic E-state index is 0.431. The van der Waals surface area contributed by atoms with Gasteiger partial charge in [-0.05, 0) is 51.4 Å². The maximum Gasteiger partial charge on any atom is 0.323 e. The average Bonchev–Trinajstić information content (AvgIpc) is 2.24. The first kappa shape index (κ1) is 20.6. The zero-order chi connectivity index (χ0) is 16.2. The number of hydrogen-bond acceptors (Lipinski definition) is 6. The molecule has 0 aliphatic heterocycles. The van der Waals surface area contributed by atoms with E-state index in [1.807, 2.05) is 26.2 Å². The van der Waals surface area contributed by atoms with Gasteiger partial charge in [0.2, 0.25) is 0 Å². The zero-order valence-corrected chi connectivity index (χ0v) is 17.9. The van der Waals surface area contributed by atoms with Gasteiger partial charge in [0.15, 0.2) is 0 Å². The SMILES string of the molecule is CO[Si](C)(C)O[Si](C)(O)CC[Si](C)(O)O[Si](C)(C)OC. The monoisotopic (exact) mass is 358 g/mol.